The number of carbonyl (C=O) groups is 1. The van der Waals surface area contributed by atoms with Crippen molar-refractivity contribution in [3.8, 4) is 5.88 Å². The fourth-order valence-corrected chi connectivity index (χ4v) is 1.50. The molecule has 0 bridgehead atoms. The van der Waals surface area contributed by atoms with Crippen LogP contribution in [-0.4, -0.2) is 48.2 Å². The van der Waals surface area contributed by atoms with Gasteiger partial charge in [0.2, 0.25) is 5.88 Å². The molecule has 0 amide bonds. The fourth-order valence-electron chi connectivity index (χ4n) is 1.50. The van der Waals surface area contributed by atoms with Crippen LogP contribution in [-0.2, 0) is 6.42 Å². The van der Waals surface area contributed by atoms with Gasteiger partial charge in [-0.3, -0.25) is 0 Å². The molecule has 0 radical (unpaired) electrons. The van der Waals surface area contributed by atoms with Crippen LogP contribution in [0.3, 0.4) is 0 Å². The lowest BCUT2D eigenvalue weighted by atomic mass is 10.2. The Morgan fingerprint density at radius 1 is 1.44 bits per heavy atom. The van der Waals surface area contributed by atoms with Crippen molar-refractivity contribution in [1.82, 2.24) is 9.88 Å². The molecule has 0 aromatic carbocycles. The number of aromatic carboxylic acids is 1. The van der Waals surface area contributed by atoms with Crippen LogP contribution < -0.4 is 4.74 Å². The molecule has 1 rings (SSSR count). The van der Waals surface area contributed by atoms with E-state index in [1.807, 2.05) is 21.0 Å². The van der Waals surface area contributed by atoms with Crippen LogP contribution in [0.15, 0.2) is 12.1 Å². The second-order valence-electron chi connectivity index (χ2n) is 4.35. The summed E-state index contributed by atoms with van der Waals surface area (Å²) in [7, 11) is 4.00. The van der Waals surface area contributed by atoms with Gasteiger partial charge in [-0.15, -0.1) is 0 Å². The van der Waals surface area contributed by atoms with Gasteiger partial charge < -0.3 is 14.7 Å². The molecule has 100 valence electrons. The maximum absolute atomic E-state index is 11.0. The molecule has 1 aromatic heterocycles. The van der Waals surface area contributed by atoms with E-state index in [1.165, 1.54) is 6.07 Å². The largest absolute Gasteiger partial charge is 0.478 e. The molecule has 0 atom stereocenters. The Morgan fingerprint density at radius 2 is 2.17 bits per heavy atom. The van der Waals surface area contributed by atoms with E-state index in [2.05, 4.69) is 9.88 Å². The van der Waals surface area contributed by atoms with Gasteiger partial charge in [0.25, 0.3) is 0 Å². The van der Waals surface area contributed by atoms with Crippen LogP contribution in [0.5, 0.6) is 5.88 Å². The first-order valence-electron chi connectivity index (χ1n) is 6.04. The normalized spacial score (nSPS) is 10.7. The Kier molecular flexibility index (Phi) is 5.58. The van der Waals surface area contributed by atoms with Gasteiger partial charge >= 0.3 is 5.97 Å². The van der Waals surface area contributed by atoms with Crippen molar-refractivity contribution in [2.24, 2.45) is 0 Å². The van der Waals surface area contributed by atoms with Crippen LogP contribution >= 0.6 is 0 Å². The Balaban J connectivity index is 2.64. The summed E-state index contributed by atoms with van der Waals surface area (Å²) in [5.41, 5.74) is 0.960. The van der Waals surface area contributed by atoms with Gasteiger partial charge in [-0.1, -0.05) is 6.92 Å². The molecule has 0 saturated heterocycles. The summed E-state index contributed by atoms with van der Waals surface area (Å²) in [4.78, 5) is 17.3. The lowest BCUT2D eigenvalue weighted by Gasteiger charge is -2.11. The maximum Gasteiger partial charge on any atom is 0.335 e. The zero-order valence-electron chi connectivity index (χ0n) is 11.1. The number of hydrogen-bond donors (Lipinski definition) is 1. The van der Waals surface area contributed by atoms with Gasteiger partial charge in [-0.2, -0.15) is 0 Å². The first kappa shape index (κ1) is 14.4. The van der Waals surface area contributed by atoms with E-state index < -0.39 is 5.97 Å². The molecule has 0 aliphatic rings. The summed E-state index contributed by atoms with van der Waals surface area (Å²) in [6.45, 7) is 3.40. The number of aromatic nitrogens is 1. The van der Waals surface area contributed by atoms with Crippen molar-refractivity contribution in [2.45, 2.75) is 19.8 Å². The standard InChI is InChI=1S/C13H20N2O3/c1-4-11-8-10(13(16)17)9-12(14-11)18-7-5-6-15(2)3/h8-9H,4-7H2,1-3H3,(H,16,17). The number of hydrogen-bond acceptors (Lipinski definition) is 4. The minimum Gasteiger partial charge on any atom is -0.478 e. The van der Waals surface area contributed by atoms with E-state index in [1.54, 1.807) is 6.07 Å². The van der Waals surface area contributed by atoms with Crippen molar-refractivity contribution in [2.75, 3.05) is 27.2 Å². The van der Waals surface area contributed by atoms with Gasteiger partial charge in [0.05, 0.1) is 12.2 Å². The third-order valence-electron chi connectivity index (χ3n) is 2.46. The number of nitrogens with zero attached hydrogens (tertiary/aromatic N) is 2. The zero-order chi connectivity index (χ0) is 13.5. The van der Waals surface area contributed by atoms with Crippen LogP contribution in [0.2, 0.25) is 0 Å². The average Bonchev–Trinajstić information content (AvgIpc) is 2.34. The number of carboxylic acids is 1. The van der Waals surface area contributed by atoms with Crippen molar-refractivity contribution in [3.63, 3.8) is 0 Å². The highest BCUT2D eigenvalue weighted by molar-refractivity contribution is 5.88. The Morgan fingerprint density at radius 3 is 2.72 bits per heavy atom. The van der Waals surface area contributed by atoms with E-state index in [-0.39, 0.29) is 5.56 Å². The number of rotatable bonds is 7. The Hall–Kier alpha value is -1.62. The molecule has 5 nitrogen and oxygen atoms in total. The zero-order valence-corrected chi connectivity index (χ0v) is 11.1. The minimum atomic E-state index is -0.953. The number of pyridine rings is 1. The SMILES string of the molecule is CCc1cc(C(=O)O)cc(OCCCN(C)C)n1. The summed E-state index contributed by atoms with van der Waals surface area (Å²) in [6.07, 6.45) is 1.57. The lowest BCUT2D eigenvalue weighted by molar-refractivity contribution is 0.0696. The monoisotopic (exact) mass is 252 g/mol. The molecular weight excluding hydrogens is 232 g/mol. The molecular formula is C13H20N2O3. The van der Waals surface area contributed by atoms with E-state index in [4.69, 9.17) is 9.84 Å². The van der Waals surface area contributed by atoms with Gasteiger partial charge in [-0.05, 0) is 33.0 Å². The van der Waals surface area contributed by atoms with E-state index >= 15 is 0 Å². The van der Waals surface area contributed by atoms with Gasteiger partial charge in [0.1, 0.15) is 0 Å². The second-order valence-corrected chi connectivity index (χ2v) is 4.35. The molecule has 1 N–H and O–H groups in total. The molecule has 1 heterocycles. The van der Waals surface area contributed by atoms with Crippen LogP contribution in [0.25, 0.3) is 0 Å². The van der Waals surface area contributed by atoms with Gasteiger partial charge in [-0.25, -0.2) is 9.78 Å². The first-order valence-corrected chi connectivity index (χ1v) is 6.04. The predicted octanol–water partition coefficient (Wildman–Crippen LogP) is 1.67. The second kappa shape index (κ2) is 6.96. The molecule has 1 aromatic rings. The summed E-state index contributed by atoms with van der Waals surface area (Å²) >= 11 is 0. The highest BCUT2D eigenvalue weighted by Crippen LogP contribution is 2.13. The number of ether oxygens (including phenoxy) is 1. The average molecular weight is 252 g/mol. The summed E-state index contributed by atoms with van der Waals surface area (Å²) < 4.78 is 5.49. The van der Waals surface area contributed by atoms with E-state index in [0.29, 0.717) is 18.9 Å². The van der Waals surface area contributed by atoms with Crippen LogP contribution in [0.1, 0.15) is 29.4 Å². The van der Waals surface area contributed by atoms with Crippen molar-refractivity contribution >= 4 is 5.97 Å². The highest BCUT2D eigenvalue weighted by atomic mass is 16.5. The van der Waals surface area contributed by atoms with Gasteiger partial charge in [0.15, 0.2) is 0 Å². The van der Waals surface area contributed by atoms with Crippen molar-refractivity contribution < 1.29 is 14.6 Å². The third kappa shape index (κ3) is 4.71. The van der Waals surface area contributed by atoms with Crippen molar-refractivity contribution in [3.05, 3.63) is 23.4 Å². The Labute approximate surface area is 107 Å². The first-order chi connectivity index (χ1) is 8.52. The third-order valence-corrected chi connectivity index (χ3v) is 2.46. The summed E-state index contributed by atoms with van der Waals surface area (Å²) in [5, 5.41) is 8.98. The summed E-state index contributed by atoms with van der Waals surface area (Å²) in [5.74, 6) is -0.559. The van der Waals surface area contributed by atoms with Crippen molar-refractivity contribution in [1.29, 1.82) is 0 Å². The maximum atomic E-state index is 11.0. The smallest absolute Gasteiger partial charge is 0.335 e. The molecule has 0 aliphatic carbocycles. The Bertz CT molecular complexity index is 405. The predicted molar refractivity (Wildman–Crippen MR) is 69.2 cm³/mol. The topological polar surface area (TPSA) is 62.7 Å². The molecule has 5 heteroatoms. The molecule has 0 fully saturated rings. The van der Waals surface area contributed by atoms with E-state index in [0.717, 1.165) is 18.7 Å². The van der Waals surface area contributed by atoms with Crippen LogP contribution in [0, 0.1) is 0 Å². The molecule has 0 spiro atoms. The highest BCUT2D eigenvalue weighted by Gasteiger charge is 2.08. The minimum absolute atomic E-state index is 0.226. The molecule has 0 aliphatic heterocycles. The molecule has 18 heavy (non-hydrogen) atoms. The fraction of sp³-hybridized carbons (Fsp3) is 0.538. The van der Waals surface area contributed by atoms with Crippen LogP contribution in [0.4, 0.5) is 0 Å². The van der Waals surface area contributed by atoms with E-state index in [9.17, 15) is 4.79 Å². The summed E-state index contributed by atoms with van der Waals surface area (Å²) in [6, 6.07) is 3.05. The molecule has 0 unspecified atom stereocenters. The molecule has 0 saturated carbocycles. The van der Waals surface area contributed by atoms with Gasteiger partial charge in [0, 0.05) is 18.3 Å². The lowest BCUT2D eigenvalue weighted by Crippen LogP contribution is -2.16. The number of carboxylic acid groups (broad SMARTS) is 1. The number of aryl methyl sites for hydroxylation is 1. The quantitative estimate of drug-likeness (QED) is 0.748.